The van der Waals surface area contributed by atoms with Gasteiger partial charge < -0.3 is 5.73 Å². The second-order valence-electron chi connectivity index (χ2n) is 3.84. The summed E-state index contributed by atoms with van der Waals surface area (Å²) in [6.07, 6.45) is 6.92. The molecule has 66 valence electrons. The van der Waals surface area contributed by atoms with Crippen molar-refractivity contribution in [3.8, 4) is 0 Å². The summed E-state index contributed by atoms with van der Waals surface area (Å²) in [5.41, 5.74) is 8.04. The van der Waals surface area contributed by atoms with Gasteiger partial charge in [-0.05, 0) is 50.3 Å². The van der Waals surface area contributed by atoms with Crippen LogP contribution in [0.4, 0.5) is 0 Å². The van der Waals surface area contributed by atoms with E-state index in [-0.39, 0.29) is 0 Å². The van der Waals surface area contributed by atoms with E-state index in [9.17, 15) is 0 Å². The van der Waals surface area contributed by atoms with Crippen molar-refractivity contribution in [1.29, 1.82) is 0 Å². The fourth-order valence-electron chi connectivity index (χ4n) is 1.50. The van der Waals surface area contributed by atoms with Crippen LogP contribution in [0.15, 0.2) is 16.8 Å². The zero-order chi connectivity index (χ0) is 8.55. The van der Waals surface area contributed by atoms with E-state index < -0.39 is 0 Å². The Morgan fingerprint density at radius 2 is 2.00 bits per heavy atom. The van der Waals surface area contributed by atoms with Gasteiger partial charge in [-0.25, -0.2) is 0 Å². The van der Waals surface area contributed by atoms with Crippen LogP contribution in [-0.4, -0.2) is 11.8 Å². The summed E-state index contributed by atoms with van der Waals surface area (Å²) in [6.45, 7) is 2.09. The average molecular weight is 164 g/mol. The Bertz CT molecular complexity index is 232. The van der Waals surface area contributed by atoms with E-state index in [1.54, 1.807) is 6.20 Å². The summed E-state index contributed by atoms with van der Waals surface area (Å²) >= 11 is 0. The van der Waals surface area contributed by atoms with E-state index in [0.29, 0.717) is 6.04 Å². The highest BCUT2D eigenvalue weighted by atomic mass is 14.8. The zero-order valence-corrected chi connectivity index (χ0v) is 7.59. The molecular weight excluding hydrogens is 148 g/mol. The van der Waals surface area contributed by atoms with Crippen molar-refractivity contribution in [3.63, 3.8) is 0 Å². The maximum absolute atomic E-state index is 5.57. The minimum atomic E-state index is 0.624. The molecule has 2 fully saturated rings. The summed E-state index contributed by atoms with van der Waals surface area (Å²) in [4.78, 5) is 4.59. The molecule has 0 saturated heterocycles. The molecule has 0 radical (unpaired) electrons. The van der Waals surface area contributed by atoms with Gasteiger partial charge in [0, 0.05) is 5.71 Å². The highest BCUT2D eigenvalue weighted by Gasteiger charge is 2.28. The van der Waals surface area contributed by atoms with E-state index in [1.165, 1.54) is 37.0 Å². The van der Waals surface area contributed by atoms with Crippen molar-refractivity contribution in [2.75, 3.05) is 0 Å². The molecule has 0 aromatic heterocycles. The number of hydrogen-bond acceptors (Lipinski definition) is 2. The Morgan fingerprint density at radius 1 is 1.33 bits per heavy atom. The SMILES string of the molecule is CC(=NC1CC1)C(=CN)C1CC1. The predicted octanol–water partition coefficient (Wildman–Crippen LogP) is 1.86. The number of hydrogen-bond donors (Lipinski definition) is 1. The fourth-order valence-corrected chi connectivity index (χ4v) is 1.50. The molecule has 2 rings (SSSR count). The third kappa shape index (κ3) is 1.68. The molecule has 0 aromatic rings. The molecule has 0 aliphatic heterocycles. The molecule has 2 aliphatic carbocycles. The molecule has 0 aromatic carbocycles. The first-order valence-corrected chi connectivity index (χ1v) is 4.78. The Morgan fingerprint density at radius 3 is 2.42 bits per heavy atom. The maximum Gasteiger partial charge on any atom is 0.0504 e. The quantitative estimate of drug-likeness (QED) is 0.635. The first-order valence-electron chi connectivity index (χ1n) is 4.78. The zero-order valence-electron chi connectivity index (χ0n) is 7.59. The maximum atomic E-state index is 5.57. The Balaban J connectivity index is 2.03. The summed E-state index contributed by atoms with van der Waals surface area (Å²) in [5.74, 6) is 0.734. The Kier molecular flexibility index (Phi) is 1.91. The van der Waals surface area contributed by atoms with Gasteiger partial charge in [-0.3, -0.25) is 4.99 Å². The van der Waals surface area contributed by atoms with Crippen LogP contribution in [0, 0.1) is 5.92 Å². The summed E-state index contributed by atoms with van der Waals surface area (Å²) in [5, 5.41) is 0. The van der Waals surface area contributed by atoms with Crippen LogP contribution < -0.4 is 5.73 Å². The monoisotopic (exact) mass is 164 g/mol. The van der Waals surface area contributed by atoms with Crippen molar-refractivity contribution in [2.24, 2.45) is 16.6 Å². The average Bonchev–Trinajstić information content (AvgIpc) is 2.80. The van der Waals surface area contributed by atoms with Gasteiger partial charge >= 0.3 is 0 Å². The minimum absolute atomic E-state index is 0.624. The molecule has 0 heterocycles. The van der Waals surface area contributed by atoms with E-state index in [2.05, 4.69) is 11.9 Å². The van der Waals surface area contributed by atoms with Crippen LogP contribution in [0.3, 0.4) is 0 Å². The lowest BCUT2D eigenvalue weighted by atomic mass is 10.1. The van der Waals surface area contributed by atoms with E-state index >= 15 is 0 Å². The lowest BCUT2D eigenvalue weighted by molar-refractivity contribution is 1.02. The van der Waals surface area contributed by atoms with Crippen LogP contribution in [0.5, 0.6) is 0 Å². The lowest BCUT2D eigenvalue weighted by Crippen LogP contribution is -2.03. The molecule has 2 heteroatoms. The Hall–Kier alpha value is -0.790. The van der Waals surface area contributed by atoms with Crippen LogP contribution in [0.1, 0.15) is 32.6 Å². The lowest BCUT2D eigenvalue weighted by Gasteiger charge is -2.03. The summed E-state index contributed by atoms with van der Waals surface area (Å²) in [7, 11) is 0. The standard InChI is InChI=1S/C10H16N2/c1-7(12-9-4-5-9)10(6-11)8-2-3-8/h6,8-9H,2-5,11H2,1H3. The summed E-state index contributed by atoms with van der Waals surface area (Å²) < 4.78 is 0. The van der Waals surface area contributed by atoms with Crippen molar-refractivity contribution in [2.45, 2.75) is 38.6 Å². The van der Waals surface area contributed by atoms with Gasteiger partial charge in [0.25, 0.3) is 0 Å². The van der Waals surface area contributed by atoms with E-state index in [4.69, 9.17) is 5.73 Å². The topological polar surface area (TPSA) is 38.4 Å². The largest absolute Gasteiger partial charge is 0.404 e. The van der Waals surface area contributed by atoms with Crippen LogP contribution in [0.2, 0.25) is 0 Å². The van der Waals surface area contributed by atoms with Crippen molar-refractivity contribution in [1.82, 2.24) is 0 Å². The smallest absolute Gasteiger partial charge is 0.0504 e. The fraction of sp³-hybridized carbons (Fsp3) is 0.700. The van der Waals surface area contributed by atoms with Crippen molar-refractivity contribution >= 4 is 5.71 Å². The van der Waals surface area contributed by atoms with Gasteiger partial charge in [-0.15, -0.1) is 0 Å². The minimum Gasteiger partial charge on any atom is -0.404 e. The summed E-state index contributed by atoms with van der Waals surface area (Å²) in [6, 6.07) is 0.624. The number of aliphatic imine (C=N–C) groups is 1. The van der Waals surface area contributed by atoms with Crippen LogP contribution in [-0.2, 0) is 0 Å². The Labute approximate surface area is 73.6 Å². The molecule has 2 aliphatic rings. The number of rotatable bonds is 3. The number of allylic oxidation sites excluding steroid dienone is 1. The van der Waals surface area contributed by atoms with Gasteiger partial charge in [-0.2, -0.15) is 0 Å². The second-order valence-corrected chi connectivity index (χ2v) is 3.84. The molecule has 0 atom stereocenters. The molecule has 0 unspecified atom stereocenters. The van der Waals surface area contributed by atoms with Crippen LogP contribution >= 0.6 is 0 Å². The van der Waals surface area contributed by atoms with Gasteiger partial charge in [-0.1, -0.05) is 0 Å². The van der Waals surface area contributed by atoms with Crippen molar-refractivity contribution in [3.05, 3.63) is 11.8 Å². The third-order valence-electron chi connectivity index (χ3n) is 2.54. The van der Waals surface area contributed by atoms with Gasteiger partial charge in [0.15, 0.2) is 0 Å². The number of nitrogens with two attached hydrogens (primary N) is 1. The molecule has 12 heavy (non-hydrogen) atoms. The van der Waals surface area contributed by atoms with Gasteiger partial charge in [0.1, 0.15) is 0 Å². The first kappa shape index (κ1) is 7.84. The molecule has 2 N–H and O–H groups in total. The molecular formula is C10H16N2. The molecule has 0 amide bonds. The normalized spacial score (nSPS) is 26.1. The third-order valence-corrected chi connectivity index (χ3v) is 2.54. The second kappa shape index (κ2) is 2.92. The molecule has 0 bridgehead atoms. The van der Waals surface area contributed by atoms with Crippen molar-refractivity contribution < 1.29 is 0 Å². The van der Waals surface area contributed by atoms with Crippen LogP contribution in [0.25, 0.3) is 0 Å². The molecule has 2 saturated carbocycles. The molecule has 0 spiro atoms. The predicted molar refractivity (Wildman–Crippen MR) is 51.1 cm³/mol. The first-order chi connectivity index (χ1) is 5.81. The van der Waals surface area contributed by atoms with E-state index in [1.807, 2.05) is 0 Å². The van der Waals surface area contributed by atoms with Gasteiger partial charge in [0.05, 0.1) is 6.04 Å². The van der Waals surface area contributed by atoms with Gasteiger partial charge in [0.2, 0.25) is 0 Å². The van der Waals surface area contributed by atoms with E-state index in [0.717, 1.165) is 5.92 Å². The number of nitrogens with zero attached hydrogens (tertiary/aromatic N) is 1. The highest BCUT2D eigenvalue weighted by molar-refractivity contribution is 5.99. The molecule has 2 nitrogen and oxygen atoms in total. The highest BCUT2D eigenvalue weighted by Crippen LogP contribution is 2.37.